The highest BCUT2D eigenvalue weighted by molar-refractivity contribution is 6.01. The number of carbonyl (C=O) groups is 2. The van der Waals surface area contributed by atoms with Gasteiger partial charge in [0, 0.05) is 31.4 Å². The van der Waals surface area contributed by atoms with Crippen LogP contribution >= 0.6 is 0 Å². The molecular weight excluding hydrogens is 368 g/mol. The van der Waals surface area contributed by atoms with Crippen molar-refractivity contribution in [2.24, 2.45) is 5.73 Å². The summed E-state index contributed by atoms with van der Waals surface area (Å²) in [5.74, 6) is -1.97. The fourth-order valence-electron chi connectivity index (χ4n) is 4.59. The highest BCUT2D eigenvalue weighted by Crippen LogP contribution is 2.36. The first kappa shape index (κ1) is 18.8. The van der Waals surface area contributed by atoms with Crippen LogP contribution in [-0.4, -0.2) is 65.4 Å². The number of piperazine rings is 1. The van der Waals surface area contributed by atoms with Gasteiger partial charge in [-0.15, -0.1) is 0 Å². The first-order chi connectivity index (χ1) is 13.4. The van der Waals surface area contributed by atoms with Gasteiger partial charge in [-0.3, -0.25) is 14.5 Å². The van der Waals surface area contributed by atoms with Crippen molar-refractivity contribution in [2.45, 2.75) is 43.4 Å². The topological polar surface area (TPSA) is 93.7 Å². The van der Waals surface area contributed by atoms with E-state index < -0.39 is 29.8 Å². The second-order valence-corrected chi connectivity index (χ2v) is 7.62. The van der Waals surface area contributed by atoms with E-state index in [9.17, 15) is 18.4 Å². The van der Waals surface area contributed by atoms with Crippen LogP contribution in [0.3, 0.4) is 0 Å². The second-order valence-electron chi connectivity index (χ2n) is 7.62. The van der Waals surface area contributed by atoms with Gasteiger partial charge < -0.3 is 15.5 Å². The molecule has 3 fully saturated rings. The predicted octanol–water partition coefficient (Wildman–Crippen LogP) is 0.596. The smallest absolute Gasteiger partial charge is 0.244 e. The SMILES string of the molecule is N#C[C@@H]1CCCN1C(=O)[C@@H](N)CN1C[C@H]2C[C@@H]1C(=O)N2c1cc(F)cc(F)c1. The highest BCUT2D eigenvalue weighted by Gasteiger charge is 2.50. The van der Waals surface area contributed by atoms with Gasteiger partial charge in [0.2, 0.25) is 11.8 Å². The van der Waals surface area contributed by atoms with Crippen LogP contribution in [0.4, 0.5) is 14.5 Å². The zero-order valence-electron chi connectivity index (χ0n) is 15.2. The Labute approximate surface area is 161 Å². The van der Waals surface area contributed by atoms with Crippen LogP contribution in [0.2, 0.25) is 0 Å². The normalized spacial score (nSPS) is 28.1. The van der Waals surface area contributed by atoms with Crippen molar-refractivity contribution in [3.63, 3.8) is 0 Å². The van der Waals surface area contributed by atoms with Gasteiger partial charge in [-0.25, -0.2) is 8.78 Å². The molecule has 0 spiro atoms. The molecule has 3 saturated heterocycles. The van der Waals surface area contributed by atoms with Gasteiger partial charge in [-0.1, -0.05) is 0 Å². The van der Waals surface area contributed by atoms with Crippen molar-refractivity contribution >= 4 is 17.5 Å². The molecule has 4 atom stereocenters. The fraction of sp³-hybridized carbons (Fsp3) is 0.526. The summed E-state index contributed by atoms with van der Waals surface area (Å²) in [4.78, 5) is 30.2. The van der Waals surface area contributed by atoms with E-state index in [4.69, 9.17) is 11.0 Å². The van der Waals surface area contributed by atoms with Crippen molar-refractivity contribution in [2.75, 3.05) is 24.5 Å². The molecule has 3 aliphatic heterocycles. The Kier molecular flexibility index (Phi) is 4.77. The maximum atomic E-state index is 13.5. The number of likely N-dealkylation sites (tertiary alicyclic amines) is 2. The van der Waals surface area contributed by atoms with E-state index in [-0.39, 0.29) is 30.1 Å². The van der Waals surface area contributed by atoms with Crippen LogP contribution in [0.5, 0.6) is 0 Å². The van der Waals surface area contributed by atoms with Crippen LogP contribution in [0.1, 0.15) is 19.3 Å². The maximum absolute atomic E-state index is 13.5. The number of hydrogen-bond donors (Lipinski definition) is 1. The van der Waals surface area contributed by atoms with E-state index in [1.165, 1.54) is 9.80 Å². The summed E-state index contributed by atoms with van der Waals surface area (Å²) in [6.45, 7) is 1.22. The minimum absolute atomic E-state index is 0.209. The van der Waals surface area contributed by atoms with Crippen LogP contribution in [0.25, 0.3) is 0 Å². The monoisotopic (exact) mass is 389 g/mol. The van der Waals surface area contributed by atoms with Crippen molar-refractivity contribution in [1.82, 2.24) is 9.80 Å². The number of benzene rings is 1. The van der Waals surface area contributed by atoms with E-state index in [0.717, 1.165) is 24.6 Å². The van der Waals surface area contributed by atoms with Gasteiger partial charge in [-0.05, 0) is 31.4 Å². The van der Waals surface area contributed by atoms with Crippen molar-refractivity contribution < 1.29 is 18.4 Å². The lowest BCUT2D eigenvalue weighted by Crippen LogP contribution is -2.56. The molecule has 28 heavy (non-hydrogen) atoms. The largest absolute Gasteiger partial charge is 0.325 e. The van der Waals surface area contributed by atoms with Gasteiger partial charge in [0.25, 0.3) is 0 Å². The van der Waals surface area contributed by atoms with E-state index in [1.54, 1.807) is 0 Å². The number of halogens is 2. The van der Waals surface area contributed by atoms with Crippen LogP contribution in [-0.2, 0) is 9.59 Å². The summed E-state index contributed by atoms with van der Waals surface area (Å²) >= 11 is 0. The van der Waals surface area contributed by atoms with Crippen LogP contribution in [0, 0.1) is 23.0 Å². The minimum Gasteiger partial charge on any atom is -0.325 e. The zero-order valence-corrected chi connectivity index (χ0v) is 15.2. The molecule has 3 heterocycles. The van der Waals surface area contributed by atoms with Crippen molar-refractivity contribution in [1.29, 1.82) is 5.26 Å². The molecule has 0 unspecified atom stereocenters. The maximum Gasteiger partial charge on any atom is 0.244 e. The molecule has 1 aromatic rings. The quantitative estimate of drug-likeness (QED) is 0.814. The van der Waals surface area contributed by atoms with Gasteiger partial charge >= 0.3 is 0 Å². The fourth-order valence-corrected chi connectivity index (χ4v) is 4.59. The number of carbonyl (C=O) groups excluding carboxylic acids is 2. The molecule has 3 aliphatic rings. The number of nitrogens with zero attached hydrogens (tertiary/aromatic N) is 4. The lowest BCUT2D eigenvalue weighted by atomic mass is 10.1. The standard InChI is InChI=1S/C19H21F2N5O2/c20-11-4-12(21)6-14(5-11)26-15-7-17(19(26)28)24(9-15)10-16(23)18(27)25-3-1-2-13(25)8-22/h4-6,13,15-17H,1-3,7,9-10,23H2/t13-,15+,16-,17+/m0/s1. The van der Waals surface area contributed by atoms with Crippen molar-refractivity contribution in [3.05, 3.63) is 29.8 Å². The van der Waals surface area contributed by atoms with Gasteiger partial charge in [-0.2, -0.15) is 5.26 Å². The Morgan fingerprint density at radius 2 is 2.04 bits per heavy atom. The molecule has 9 heteroatoms. The number of nitriles is 1. The molecule has 1 aromatic carbocycles. The number of fused-ring (bicyclic) bond motifs is 2. The first-order valence-electron chi connectivity index (χ1n) is 9.38. The molecule has 0 aromatic heterocycles. The van der Waals surface area contributed by atoms with E-state index in [2.05, 4.69) is 6.07 Å². The third-order valence-corrected chi connectivity index (χ3v) is 5.83. The molecule has 2 N–H and O–H groups in total. The van der Waals surface area contributed by atoms with Crippen LogP contribution in [0.15, 0.2) is 18.2 Å². The summed E-state index contributed by atoms with van der Waals surface area (Å²) in [6.07, 6.45) is 1.96. The van der Waals surface area contributed by atoms with Gasteiger partial charge in [0.15, 0.2) is 0 Å². The number of hydrogen-bond acceptors (Lipinski definition) is 5. The number of rotatable bonds is 4. The summed E-state index contributed by atoms with van der Waals surface area (Å²) in [6, 6.07) is 3.27. The van der Waals surface area contributed by atoms with Crippen LogP contribution < -0.4 is 10.6 Å². The Hall–Kier alpha value is -2.57. The molecule has 4 rings (SSSR count). The zero-order chi connectivity index (χ0) is 20.0. The Morgan fingerprint density at radius 1 is 1.32 bits per heavy atom. The summed E-state index contributed by atoms with van der Waals surface area (Å²) in [7, 11) is 0. The Bertz CT molecular complexity index is 837. The third kappa shape index (κ3) is 3.12. The number of amides is 2. The molecule has 0 aliphatic carbocycles. The lowest BCUT2D eigenvalue weighted by molar-refractivity contribution is -0.134. The molecule has 0 saturated carbocycles. The summed E-state index contributed by atoms with van der Waals surface area (Å²) in [5.41, 5.74) is 6.30. The summed E-state index contributed by atoms with van der Waals surface area (Å²) < 4.78 is 27.1. The third-order valence-electron chi connectivity index (χ3n) is 5.83. The van der Waals surface area contributed by atoms with Crippen molar-refractivity contribution in [3.8, 4) is 6.07 Å². The van der Waals surface area contributed by atoms with E-state index in [1.807, 2.05) is 4.90 Å². The second kappa shape index (κ2) is 7.11. The lowest BCUT2D eigenvalue weighted by Gasteiger charge is -2.35. The molecule has 7 nitrogen and oxygen atoms in total. The minimum atomic E-state index is -0.818. The van der Waals surface area contributed by atoms with Gasteiger partial charge in [0.05, 0.1) is 24.2 Å². The van der Waals surface area contributed by atoms with Gasteiger partial charge in [0.1, 0.15) is 17.7 Å². The molecule has 0 radical (unpaired) electrons. The molecule has 2 bridgehead atoms. The number of anilines is 1. The average Bonchev–Trinajstić information content (AvgIpc) is 3.34. The van der Waals surface area contributed by atoms with E-state index in [0.29, 0.717) is 25.9 Å². The van der Waals surface area contributed by atoms with E-state index >= 15 is 0 Å². The first-order valence-corrected chi connectivity index (χ1v) is 9.38. The number of nitrogens with two attached hydrogens (primary N) is 1. The molecule has 2 amide bonds. The Morgan fingerprint density at radius 3 is 2.68 bits per heavy atom. The molecule has 148 valence electrons. The Balaban J connectivity index is 1.43. The molecular formula is C19H21F2N5O2. The predicted molar refractivity (Wildman–Crippen MR) is 95.9 cm³/mol. The summed E-state index contributed by atoms with van der Waals surface area (Å²) in [5, 5.41) is 9.15. The highest BCUT2D eigenvalue weighted by atomic mass is 19.1. The average molecular weight is 389 g/mol.